The summed E-state index contributed by atoms with van der Waals surface area (Å²) in [6, 6.07) is 9.26. The Morgan fingerprint density at radius 2 is 1.78 bits per heavy atom. The van der Waals surface area contributed by atoms with E-state index in [1.165, 1.54) is 0 Å². The van der Waals surface area contributed by atoms with Gasteiger partial charge in [-0.15, -0.1) is 0 Å². The van der Waals surface area contributed by atoms with Crippen LogP contribution in [0.25, 0.3) is 0 Å². The highest BCUT2D eigenvalue weighted by molar-refractivity contribution is 5.76. The van der Waals surface area contributed by atoms with Crippen LogP contribution < -0.4 is 10.6 Å². The maximum atomic E-state index is 12.5. The van der Waals surface area contributed by atoms with E-state index < -0.39 is 49.3 Å². The van der Waals surface area contributed by atoms with Gasteiger partial charge in [-0.25, -0.2) is 4.79 Å². The molecule has 6 atom stereocenters. The third-order valence-electron chi connectivity index (χ3n) is 5.22. The van der Waals surface area contributed by atoms with Crippen LogP contribution in [0.1, 0.15) is 32.3 Å². The quantitative estimate of drug-likeness (QED) is 0.286. The van der Waals surface area contributed by atoms with Crippen LogP contribution in [0.2, 0.25) is 0 Å². The molecule has 1 aliphatic heterocycles. The highest BCUT2D eigenvalue weighted by Crippen LogP contribution is 2.21. The van der Waals surface area contributed by atoms with Crippen molar-refractivity contribution in [3.63, 3.8) is 0 Å². The number of ether oxygens (including phenoxy) is 2. The minimum atomic E-state index is -1.57. The van der Waals surface area contributed by atoms with Crippen molar-refractivity contribution in [2.45, 2.75) is 63.9 Å². The second kappa shape index (κ2) is 12.7. The SMILES string of the molecule is CC(C)C[C@H](CNC(=O)OCc1ccccc1)CC(=O)N[C@@H]1O[C@H](CO)[C@@H](O)[C@H](O)[C@H]1O. The van der Waals surface area contributed by atoms with Crippen LogP contribution in [-0.2, 0) is 20.9 Å². The number of alkyl carbamates (subject to hydrolysis) is 1. The zero-order valence-corrected chi connectivity index (χ0v) is 18.4. The summed E-state index contributed by atoms with van der Waals surface area (Å²) < 4.78 is 10.5. The number of hydrogen-bond donors (Lipinski definition) is 6. The number of carbonyl (C=O) groups excluding carboxylic acids is 2. The monoisotopic (exact) mass is 454 g/mol. The molecule has 6 N–H and O–H groups in total. The zero-order chi connectivity index (χ0) is 23.7. The Morgan fingerprint density at radius 3 is 2.41 bits per heavy atom. The summed E-state index contributed by atoms with van der Waals surface area (Å²) in [5, 5.41) is 44.2. The number of aliphatic hydroxyl groups is 4. The van der Waals surface area contributed by atoms with Gasteiger partial charge in [-0.1, -0.05) is 44.2 Å². The molecule has 1 aromatic rings. The van der Waals surface area contributed by atoms with Gasteiger partial charge in [0, 0.05) is 13.0 Å². The van der Waals surface area contributed by atoms with Gasteiger partial charge in [-0.2, -0.15) is 0 Å². The molecule has 0 bridgehead atoms. The van der Waals surface area contributed by atoms with Crippen molar-refractivity contribution in [3.05, 3.63) is 35.9 Å². The molecule has 0 aliphatic carbocycles. The fourth-order valence-corrected chi connectivity index (χ4v) is 3.61. The summed E-state index contributed by atoms with van der Waals surface area (Å²) in [7, 11) is 0. The molecule has 180 valence electrons. The van der Waals surface area contributed by atoms with Crippen LogP contribution in [0.4, 0.5) is 4.79 Å². The molecule has 10 nitrogen and oxygen atoms in total. The fraction of sp³-hybridized carbons (Fsp3) is 0.636. The van der Waals surface area contributed by atoms with E-state index in [4.69, 9.17) is 9.47 Å². The van der Waals surface area contributed by atoms with Crippen LogP contribution in [0.3, 0.4) is 0 Å². The highest BCUT2D eigenvalue weighted by atomic mass is 16.6. The van der Waals surface area contributed by atoms with E-state index in [9.17, 15) is 30.0 Å². The number of amides is 2. The maximum absolute atomic E-state index is 12.5. The number of benzene rings is 1. The molecule has 1 heterocycles. The lowest BCUT2D eigenvalue weighted by molar-refractivity contribution is -0.236. The van der Waals surface area contributed by atoms with Crippen molar-refractivity contribution in [2.75, 3.05) is 13.2 Å². The van der Waals surface area contributed by atoms with E-state index in [2.05, 4.69) is 10.6 Å². The first-order valence-corrected chi connectivity index (χ1v) is 10.8. The minimum Gasteiger partial charge on any atom is -0.445 e. The molecule has 1 aromatic carbocycles. The van der Waals surface area contributed by atoms with Crippen LogP contribution in [0.15, 0.2) is 30.3 Å². The molecule has 0 unspecified atom stereocenters. The van der Waals surface area contributed by atoms with E-state index >= 15 is 0 Å². The van der Waals surface area contributed by atoms with E-state index in [0.29, 0.717) is 6.42 Å². The second-order valence-electron chi connectivity index (χ2n) is 8.46. The first-order chi connectivity index (χ1) is 15.2. The first kappa shape index (κ1) is 26.0. The molecular weight excluding hydrogens is 420 g/mol. The van der Waals surface area contributed by atoms with Gasteiger partial charge < -0.3 is 40.5 Å². The van der Waals surface area contributed by atoms with Gasteiger partial charge in [0.15, 0.2) is 6.23 Å². The maximum Gasteiger partial charge on any atom is 0.407 e. The van der Waals surface area contributed by atoms with Crippen molar-refractivity contribution in [1.29, 1.82) is 0 Å². The molecule has 0 radical (unpaired) electrons. The third kappa shape index (κ3) is 8.03. The smallest absolute Gasteiger partial charge is 0.407 e. The standard InChI is InChI=1S/C22H34N2O8/c1-13(2)8-15(10-23-22(30)31-12-14-6-4-3-5-7-14)9-17(26)24-21-20(29)19(28)18(27)16(11-25)32-21/h3-7,13,15-16,18-21,25,27-29H,8-12H2,1-2H3,(H,23,30)(H,24,26)/t15-,16+,18+,19-,20+,21+/m0/s1. The van der Waals surface area contributed by atoms with Crippen molar-refractivity contribution in [3.8, 4) is 0 Å². The van der Waals surface area contributed by atoms with Gasteiger partial charge in [0.25, 0.3) is 0 Å². The predicted molar refractivity (Wildman–Crippen MR) is 114 cm³/mol. The minimum absolute atomic E-state index is 0.0339. The van der Waals surface area contributed by atoms with Crippen molar-refractivity contribution < 1.29 is 39.5 Å². The van der Waals surface area contributed by atoms with Crippen molar-refractivity contribution in [1.82, 2.24) is 10.6 Å². The Kier molecular flexibility index (Phi) is 10.3. The van der Waals surface area contributed by atoms with Crippen LogP contribution in [0, 0.1) is 11.8 Å². The van der Waals surface area contributed by atoms with Crippen molar-refractivity contribution >= 4 is 12.0 Å². The predicted octanol–water partition coefficient (Wildman–Crippen LogP) is -0.119. The van der Waals surface area contributed by atoms with E-state index in [-0.39, 0.29) is 31.4 Å². The molecule has 1 aliphatic rings. The van der Waals surface area contributed by atoms with Crippen LogP contribution in [-0.4, -0.2) is 76.2 Å². The normalized spacial score (nSPS) is 26.4. The summed E-state index contributed by atoms with van der Waals surface area (Å²) in [6.07, 6.45) is -6.90. The topological polar surface area (TPSA) is 158 Å². The van der Waals surface area contributed by atoms with Gasteiger partial charge in [0.2, 0.25) is 5.91 Å². The van der Waals surface area contributed by atoms with Gasteiger partial charge in [-0.05, 0) is 23.8 Å². The Balaban J connectivity index is 1.85. The average Bonchev–Trinajstić information content (AvgIpc) is 2.76. The van der Waals surface area contributed by atoms with Gasteiger partial charge >= 0.3 is 6.09 Å². The van der Waals surface area contributed by atoms with Gasteiger partial charge in [0.1, 0.15) is 31.0 Å². The number of rotatable bonds is 10. The summed E-state index contributed by atoms with van der Waals surface area (Å²) in [5.74, 6) is -0.397. The molecule has 1 fully saturated rings. The molecule has 2 amide bonds. The number of aliphatic hydroxyl groups excluding tert-OH is 4. The Hall–Kier alpha value is -2.24. The molecule has 10 heteroatoms. The largest absolute Gasteiger partial charge is 0.445 e. The Labute approximate surface area is 187 Å². The van der Waals surface area contributed by atoms with E-state index in [1.54, 1.807) is 0 Å². The van der Waals surface area contributed by atoms with Crippen LogP contribution >= 0.6 is 0 Å². The van der Waals surface area contributed by atoms with E-state index in [1.807, 2.05) is 44.2 Å². The second-order valence-corrected chi connectivity index (χ2v) is 8.46. The van der Waals surface area contributed by atoms with Crippen LogP contribution in [0.5, 0.6) is 0 Å². The lowest BCUT2D eigenvalue weighted by Crippen LogP contribution is -2.63. The number of nitrogens with one attached hydrogen (secondary N) is 2. The highest BCUT2D eigenvalue weighted by Gasteiger charge is 2.44. The first-order valence-electron chi connectivity index (χ1n) is 10.8. The van der Waals surface area contributed by atoms with Crippen molar-refractivity contribution in [2.24, 2.45) is 11.8 Å². The summed E-state index contributed by atoms with van der Waals surface area (Å²) >= 11 is 0. The number of carbonyl (C=O) groups is 2. The Morgan fingerprint density at radius 1 is 1.09 bits per heavy atom. The lowest BCUT2D eigenvalue weighted by atomic mass is 9.93. The lowest BCUT2D eigenvalue weighted by Gasteiger charge is -2.40. The molecular formula is C22H34N2O8. The molecule has 0 saturated carbocycles. The Bertz CT molecular complexity index is 715. The molecule has 32 heavy (non-hydrogen) atoms. The molecule has 0 spiro atoms. The number of hydrogen-bond acceptors (Lipinski definition) is 8. The summed E-state index contributed by atoms with van der Waals surface area (Å²) in [6.45, 7) is 3.77. The third-order valence-corrected chi connectivity index (χ3v) is 5.22. The zero-order valence-electron chi connectivity index (χ0n) is 18.4. The fourth-order valence-electron chi connectivity index (χ4n) is 3.61. The average molecular weight is 455 g/mol. The van der Waals surface area contributed by atoms with E-state index in [0.717, 1.165) is 5.56 Å². The molecule has 0 aromatic heterocycles. The summed E-state index contributed by atoms with van der Waals surface area (Å²) in [5.41, 5.74) is 0.861. The summed E-state index contributed by atoms with van der Waals surface area (Å²) in [4.78, 5) is 24.6. The molecule has 2 rings (SSSR count). The van der Waals surface area contributed by atoms with Gasteiger partial charge in [-0.3, -0.25) is 4.79 Å². The molecule has 1 saturated heterocycles. The van der Waals surface area contributed by atoms with Gasteiger partial charge in [0.05, 0.1) is 6.61 Å².